The summed E-state index contributed by atoms with van der Waals surface area (Å²) in [5.74, 6) is 5.96. The summed E-state index contributed by atoms with van der Waals surface area (Å²) in [5, 5.41) is 0. The molecule has 0 atom stereocenters. The Hall–Kier alpha value is -0.570. The molecule has 0 aromatic rings. The first kappa shape index (κ1) is 7.43. The van der Waals surface area contributed by atoms with Gasteiger partial charge in [-0.05, 0) is 6.42 Å². The molecule has 0 saturated heterocycles. The van der Waals surface area contributed by atoms with Gasteiger partial charge in [0.05, 0.1) is 0 Å². The lowest BCUT2D eigenvalue weighted by Gasteiger charge is -1.99. The van der Waals surface area contributed by atoms with E-state index >= 15 is 0 Å². The number of rotatable bonds is 2. The zero-order valence-corrected chi connectivity index (χ0v) is 5.44. The highest BCUT2D eigenvalue weighted by molar-refractivity contribution is 5.81. The second-order valence-electron chi connectivity index (χ2n) is 1.56. The van der Waals surface area contributed by atoms with Gasteiger partial charge in [-0.2, -0.15) is 0 Å². The van der Waals surface area contributed by atoms with E-state index in [1.54, 1.807) is 7.05 Å². The number of aliphatic imine (C=N–C) groups is 1. The molecule has 0 aromatic carbocycles. The van der Waals surface area contributed by atoms with E-state index in [1.807, 2.05) is 0 Å². The summed E-state index contributed by atoms with van der Waals surface area (Å²) in [6.45, 7) is 2.09. The maximum absolute atomic E-state index is 5.09. The van der Waals surface area contributed by atoms with Gasteiger partial charge in [-0.1, -0.05) is 6.92 Å². The van der Waals surface area contributed by atoms with Crippen LogP contribution in [0.1, 0.15) is 19.8 Å². The van der Waals surface area contributed by atoms with E-state index in [0.29, 0.717) is 0 Å². The maximum Gasteiger partial charge on any atom is 0.110 e. The quantitative estimate of drug-likeness (QED) is 0.235. The molecule has 0 aliphatic rings. The van der Waals surface area contributed by atoms with Gasteiger partial charge in [-0.25, -0.2) is 5.84 Å². The van der Waals surface area contributed by atoms with Gasteiger partial charge in [0.1, 0.15) is 5.84 Å². The average molecular weight is 115 g/mol. The van der Waals surface area contributed by atoms with Crippen LogP contribution in [-0.2, 0) is 0 Å². The van der Waals surface area contributed by atoms with Crippen LogP contribution in [0.25, 0.3) is 0 Å². The molecule has 0 saturated carbocycles. The molecule has 0 heterocycles. The molecule has 0 amide bonds. The standard InChI is InChI=1S/C5H13N3/c1-3-4-5(7-2)8-6/h3-4,6H2,1-2H3,(H,7,8). The van der Waals surface area contributed by atoms with E-state index in [-0.39, 0.29) is 0 Å². The molecule has 0 aromatic heterocycles. The number of amidine groups is 1. The summed E-state index contributed by atoms with van der Waals surface area (Å²) in [7, 11) is 1.73. The fourth-order valence-corrected chi connectivity index (χ4v) is 0.485. The Morgan fingerprint density at radius 2 is 2.38 bits per heavy atom. The van der Waals surface area contributed by atoms with Crippen molar-refractivity contribution < 1.29 is 0 Å². The van der Waals surface area contributed by atoms with Gasteiger partial charge in [0, 0.05) is 13.5 Å². The fraction of sp³-hybridized carbons (Fsp3) is 0.800. The molecule has 8 heavy (non-hydrogen) atoms. The number of hydrogen-bond acceptors (Lipinski definition) is 2. The summed E-state index contributed by atoms with van der Waals surface area (Å²) in [6.07, 6.45) is 2.02. The molecule has 3 N–H and O–H groups in total. The lowest BCUT2D eigenvalue weighted by Crippen LogP contribution is -2.29. The normalized spacial score (nSPS) is 11.6. The van der Waals surface area contributed by atoms with Crippen molar-refractivity contribution in [1.29, 1.82) is 0 Å². The SMILES string of the molecule is CCCC(=NC)NN. The van der Waals surface area contributed by atoms with Gasteiger partial charge in [0.15, 0.2) is 0 Å². The Balaban J connectivity index is 3.38. The Bertz CT molecular complexity index is 77.7. The predicted molar refractivity (Wildman–Crippen MR) is 35.6 cm³/mol. The number of hydrazine groups is 1. The number of nitrogens with two attached hydrogens (primary N) is 1. The molecule has 0 radical (unpaired) electrons. The third-order valence-electron chi connectivity index (χ3n) is 0.923. The second kappa shape index (κ2) is 4.59. The first-order chi connectivity index (χ1) is 3.85. The van der Waals surface area contributed by atoms with Crippen molar-refractivity contribution >= 4 is 5.84 Å². The van der Waals surface area contributed by atoms with Crippen molar-refractivity contribution in [3.63, 3.8) is 0 Å². The first-order valence-corrected chi connectivity index (χ1v) is 2.77. The van der Waals surface area contributed by atoms with Crippen molar-refractivity contribution in [2.24, 2.45) is 10.8 Å². The van der Waals surface area contributed by atoms with Crippen molar-refractivity contribution in [2.45, 2.75) is 19.8 Å². The molecule has 0 fully saturated rings. The first-order valence-electron chi connectivity index (χ1n) is 2.77. The molecule has 48 valence electrons. The van der Waals surface area contributed by atoms with Crippen LogP contribution in [-0.4, -0.2) is 12.9 Å². The van der Waals surface area contributed by atoms with E-state index in [1.165, 1.54) is 0 Å². The maximum atomic E-state index is 5.09. The molecule has 0 spiro atoms. The van der Waals surface area contributed by atoms with Crippen molar-refractivity contribution in [2.75, 3.05) is 7.05 Å². The summed E-state index contributed by atoms with van der Waals surface area (Å²) < 4.78 is 0. The molecule has 3 nitrogen and oxygen atoms in total. The second-order valence-corrected chi connectivity index (χ2v) is 1.56. The molecule has 0 bridgehead atoms. The van der Waals surface area contributed by atoms with Crippen LogP contribution in [0.15, 0.2) is 4.99 Å². The largest absolute Gasteiger partial charge is 0.312 e. The van der Waals surface area contributed by atoms with E-state index in [2.05, 4.69) is 17.3 Å². The third kappa shape index (κ3) is 2.58. The van der Waals surface area contributed by atoms with Gasteiger partial charge < -0.3 is 5.43 Å². The third-order valence-corrected chi connectivity index (χ3v) is 0.923. The number of nitrogens with one attached hydrogen (secondary N) is 1. The van der Waals surface area contributed by atoms with E-state index in [0.717, 1.165) is 18.7 Å². The van der Waals surface area contributed by atoms with Crippen LogP contribution in [0, 0.1) is 0 Å². The highest BCUT2D eigenvalue weighted by atomic mass is 15.2. The van der Waals surface area contributed by atoms with Crippen LogP contribution in [0.3, 0.4) is 0 Å². The van der Waals surface area contributed by atoms with Gasteiger partial charge in [0.2, 0.25) is 0 Å². The minimum absolute atomic E-state index is 0.868. The summed E-state index contributed by atoms with van der Waals surface area (Å²) >= 11 is 0. The van der Waals surface area contributed by atoms with Crippen molar-refractivity contribution in [1.82, 2.24) is 5.43 Å². The summed E-state index contributed by atoms with van der Waals surface area (Å²) in [6, 6.07) is 0. The lowest BCUT2D eigenvalue weighted by atomic mass is 10.3. The Labute approximate surface area is 50.0 Å². The van der Waals surface area contributed by atoms with Gasteiger partial charge in [-0.3, -0.25) is 4.99 Å². The molecule has 0 aliphatic heterocycles. The van der Waals surface area contributed by atoms with Gasteiger partial charge in [0.25, 0.3) is 0 Å². The highest BCUT2D eigenvalue weighted by Gasteiger charge is 1.88. The fourth-order valence-electron chi connectivity index (χ4n) is 0.485. The highest BCUT2D eigenvalue weighted by Crippen LogP contribution is 1.85. The minimum Gasteiger partial charge on any atom is -0.312 e. The van der Waals surface area contributed by atoms with Crippen LogP contribution >= 0.6 is 0 Å². The topological polar surface area (TPSA) is 50.4 Å². The zero-order chi connectivity index (χ0) is 6.41. The van der Waals surface area contributed by atoms with Gasteiger partial charge >= 0.3 is 0 Å². The lowest BCUT2D eigenvalue weighted by molar-refractivity contribution is 0.903. The predicted octanol–water partition coefficient (Wildman–Crippen LogP) is 0.278. The number of hydrogen-bond donors (Lipinski definition) is 2. The Morgan fingerprint density at radius 1 is 1.75 bits per heavy atom. The van der Waals surface area contributed by atoms with Gasteiger partial charge in [-0.15, -0.1) is 0 Å². The van der Waals surface area contributed by atoms with E-state index in [9.17, 15) is 0 Å². The average Bonchev–Trinajstić information content (AvgIpc) is 1.83. The molecule has 0 rings (SSSR count). The molecule has 0 aliphatic carbocycles. The molecular formula is C5H13N3. The molecular weight excluding hydrogens is 102 g/mol. The van der Waals surface area contributed by atoms with E-state index < -0.39 is 0 Å². The minimum atomic E-state index is 0.868. The smallest absolute Gasteiger partial charge is 0.110 e. The van der Waals surface area contributed by atoms with Crippen LogP contribution in [0.4, 0.5) is 0 Å². The Morgan fingerprint density at radius 3 is 2.50 bits per heavy atom. The molecule has 3 heteroatoms. The van der Waals surface area contributed by atoms with E-state index in [4.69, 9.17) is 5.84 Å². The van der Waals surface area contributed by atoms with Crippen LogP contribution in [0.5, 0.6) is 0 Å². The summed E-state index contributed by atoms with van der Waals surface area (Å²) in [5.41, 5.74) is 2.50. The zero-order valence-electron chi connectivity index (χ0n) is 5.44. The van der Waals surface area contributed by atoms with Crippen LogP contribution < -0.4 is 11.3 Å². The van der Waals surface area contributed by atoms with Crippen molar-refractivity contribution in [3.8, 4) is 0 Å². The van der Waals surface area contributed by atoms with Crippen molar-refractivity contribution in [3.05, 3.63) is 0 Å². The molecule has 0 unspecified atom stereocenters. The Kier molecular flexibility index (Phi) is 4.26. The monoisotopic (exact) mass is 115 g/mol. The summed E-state index contributed by atoms with van der Waals surface area (Å²) in [4.78, 5) is 3.88. The van der Waals surface area contributed by atoms with Crippen LogP contribution in [0.2, 0.25) is 0 Å². The number of nitrogens with zero attached hydrogens (tertiary/aromatic N) is 1.